The summed E-state index contributed by atoms with van der Waals surface area (Å²) in [7, 11) is 2.01. The van der Waals surface area contributed by atoms with E-state index in [1.165, 1.54) is 34.6 Å². The first kappa shape index (κ1) is 34.2. The molecule has 0 spiro atoms. The molecule has 0 bridgehead atoms. The summed E-state index contributed by atoms with van der Waals surface area (Å²) in [5.41, 5.74) is 3.10. The molecule has 4 aromatic rings. The highest BCUT2D eigenvalue weighted by Gasteiger charge is 2.40. The van der Waals surface area contributed by atoms with Gasteiger partial charge in [-0.1, -0.05) is 18.2 Å². The van der Waals surface area contributed by atoms with Crippen LogP contribution in [0.1, 0.15) is 70.3 Å². The molecular weight excluding hydrogens is 679 g/mol. The van der Waals surface area contributed by atoms with Gasteiger partial charge in [-0.25, -0.2) is 13.8 Å². The highest BCUT2D eigenvalue weighted by molar-refractivity contribution is 7.13. The number of fused-ring (bicyclic) bond motifs is 1. The smallest absolute Gasteiger partial charge is 0.255 e. The maximum atomic E-state index is 15.1. The summed E-state index contributed by atoms with van der Waals surface area (Å²) in [5, 5.41) is 17.6. The first-order valence-corrected chi connectivity index (χ1v) is 17.6. The Hall–Kier alpha value is -5.21. The number of benzene rings is 3. The fourth-order valence-corrected chi connectivity index (χ4v) is 7.83. The minimum atomic E-state index is -1.30. The number of nitrogens with one attached hydrogen (secondary N) is 2. The number of nitrogens with zero attached hydrogens (tertiary/aromatic N) is 4. The second kappa shape index (κ2) is 14.2. The van der Waals surface area contributed by atoms with Crippen LogP contribution in [0, 0.1) is 11.6 Å². The predicted octanol–water partition coefficient (Wildman–Crippen LogP) is 5.08. The molecule has 2 unspecified atom stereocenters. The molecule has 3 N–H and O–H groups in total. The van der Waals surface area contributed by atoms with Crippen molar-refractivity contribution in [2.45, 2.75) is 56.8 Å². The van der Waals surface area contributed by atoms with Gasteiger partial charge in [0.1, 0.15) is 23.4 Å². The molecule has 3 aliphatic heterocycles. The van der Waals surface area contributed by atoms with Crippen LogP contribution >= 0.6 is 11.3 Å². The van der Waals surface area contributed by atoms with Gasteiger partial charge in [0.25, 0.3) is 11.8 Å². The maximum absolute atomic E-state index is 15.1. The van der Waals surface area contributed by atoms with Crippen molar-refractivity contribution in [3.63, 3.8) is 0 Å². The zero-order chi connectivity index (χ0) is 35.8. The molecule has 0 saturated carbocycles. The number of anilines is 2. The number of hydrogen-bond acceptors (Lipinski definition) is 9. The van der Waals surface area contributed by atoms with Crippen LogP contribution in [0.2, 0.25) is 0 Å². The Balaban J connectivity index is 1.00. The summed E-state index contributed by atoms with van der Waals surface area (Å²) in [6.07, 6.45) is 3.68. The Morgan fingerprint density at radius 1 is 1.08 bits per heavy atom. The number of aromatic nitrogens is 1. The van der Waals surface area contributed by atoms with Gasteiger partial charge in [0.05, 0.1) is 5.92 Å². The van der Waals surface area contributed by atoms with Crippen LogP contribution in [0.3, 0.4) is 0 Å². The number of imide groups is 1. The summed E-state index contributed by atoms with van der Waals surface area (Å²) in [5.74, 6) is -3.89. The standard InChI is InChI=1S/C37H36F2N6O5S/c1-43(19-21-2-6-26(30(39)16-21)27-7-9-32(47)41-34(27)48)24-10-13-44(14-11-24)25-5-3-22-20-45(36(50)28(22)18-25)33(29-17-23(38)4-8-31(29)46)35(49)42-37-40-12-15-51-37/h2-6,8,12,15-18,24,27,33,46H,7,9-11,13-14,19-20H2,1H3,(H,40,42,49)(H,41,47,48). The fraction of sp³-hybridized carbons (Fsp3) is 0.324. The molecule has 0 radical (unpaired) electrons. The zero-order valence-electron chi connectivity index (χ0n) is 27.8. The Bertz CT molecular complexity index is 2000. The van der Waals surface area contributed by atoms with Crippen molar-refractivity contribution in [3.05, 3.63) is 106 Å². The highest BCUT2D eigenvalue weighted by atomic mass is 32.1. The van der Waals surface area contributed by atoms with Gasteiger partial charge >= 0.3 is 0 Å². The van der Waals surface area contributed by atoms with Crippen molar-refractivity contribution in [1.29, 1.82) is 0 Å². The molecule has 0 aliphatic carbocycles. The number of halogens is 2. The van der Waals surface area contributed by atoms with Crippen LogP contribution in [0.5, 0.6) is 5.75 Å². The van der Waals surface area contributed by atoms with E-state index in [-0.39, 0.29) is 36.2 Å². The predicted molar refractivity (Wildman–Crippen MR) is 186 cm³/mol. The normalized spacial score (nSPS) is 18.6. The van der Waals surface area contributed by atoms with Gasteiger partial charge in [0.2, 0.25) is 11.8 Å². The van der Waals surface area contributed by atoms with Crippen molar-refractivity contribution in [2.75, 3.05) is 30.4 Å². The minimum absolute atomic E-state index is 0.0235. The summed E-state index contributed by atoms with van der Waals surface area (Å²) in [6, 6.07) is 12.9. The molecule has 11 nitrogen and oxygen atoms in total. The molecule has 2 saturated heterocycles. The lowest BCUT2D eigenvalue weighted by atomic mass is 9.89. The molecule has 51 heavy (non-hydrogen) atoms. The topological polar surface area (TPSA) is 135 Å². The quantitative estimate of drug-likeness (QED) is 0.205. The van der Waals surface area contributed by atoms with Crippen molar-refractivity contribution < 1.29 is 33.1 Å². The molecule has 1 aromatic heterocycles. The van der Waals surface area contributed by atoms with E-state index in [2.05, 4.69) is 25.4 Å². The van der Waals surface area contributed by atoms with Crippen molar-refractivity contribution in [3.8, 4) is 5.75 Å². The Morgan fingerprint density at radius 2 is 1.88 bits per heavy atom. The number of rotatable bonds is 9. The maximum Gasteiger partial charge on any atom is 0.255 e. The largest absolute Gasteiger partial charge is 0.508 e. The van der Waals surface area contributed by atoms with Crippen LogP contribution in [-0.4, -0.2) is 69.7 Å². The van der Waals surface area contributed by atoms with E-state index in [0.717, 1.165) is 54.9 Å². The molecule has 7 rings (SSSR count). The van der Waals surface area contributed by atoms with Gasteiger partial charge in [-0.3, -0.25) is 34.7 Å². The first-order chi connectivity index (χ1) is 24.5. The van der Waals surface area contributed by atoms with E-state index in [0.29, 0.717) is 29.2 Å². The molecule has 14 heteroatoms. The van der Waals surface area contributed by atoms with Gasteiger partial charge in [-0.15, -0.1) is 11.3 Å². The number of amides is 4. The van der Waals surface area contributed by atoms with Gasteiger partial charge in [-0.2, -0.15) is 0 Å². The van der Waals surface area contributed by atoms with E-state index in [9.17, 15) is 28.7 Å². The van der Waals surface area contributed by atoms with Gasteiger partial charge in [0.15, 0.2) is 5.13 Å². The Labute approximate surface area is 296 Å². The monoisotopic (exact) mass is 714 g/mol. The van der Waals surface area contributed by atoms with Crippen LogP contribution in [0.25, 0.3) is 0 Å². The third-order valence-electron chi connectivity index (χ3n) is 10.00. The van der Waals surface area contributed by atoms with Crippen molar-refractivity contribution in [2.24, 2.45) is 0 Å². The van der Waals surface area contributed by atoms with Crippen molar-refractivity contribution >= 4 is 45.8 Å². The van der Waals surface area contributed by atoms with E-state index in [4.69, 9.17) is 0 Å². The summed E-state index contributed by atoms with van der Waals surface area (Å²) in [6.45, 7) is 2.08. The molecule has 3 aliphatic rings. The van der Waals surface area contributed by atoms with E-state index in [1.807, 2.05) is 31.3 Å². The van der Waals surface area contributed by atoms with Crippen LogP contribution in [-0.2, 0) is 27.5 Å². The summed E-state index contributed by atoms with van der Waals surface area (Å²) >= 11 is 1.20. The number of phenolic OH excluding ortho intramolecular Hbond substituents is 1. The Kier molecular flexibility index (Phi) is 9.53. The number of phenols is 1. The summed E-state index contributed by atoms with van der Waals surface area (Å²) in [4.78, 5) is 61.0. The molecule has 4 heterocycles. The van der Waals surface area contributed by atoms with E-state index in [1.54, 1.807) is 11.4 Å². The first-order valence-electron chi connectivity index (χ1n) is 16.8. The molecule has 3 aromatic carbocycles. The average Bonchev–Trinajstić information content (AvgIpc) is 3.74. The van der Waals surface area contributed by atoms with Crippen LogP contribution in [0.4, 0.5) is 19.6 Å². The number of piperidine rings is 2. The lowest BCUT2D eigenvalue weighted by Crippen LogP contribution is -2.43. The number of carbonyl (C=O) groups is 4. The molecule has 2 fully saturated rings. The van der Waals surface area contributed by atoms with Gasteiger partial charge in [0, 0.05) is 72.6 Å². The number of carbonyl (C=O) groups excluding carboxylic acids is 4. The molecule has 264 valence electrons. The number of thiazole rings is 1. The third kappa shape index (κ3) is 7.06. The van der Waals surface area contributed by atoms with Crippen LogP contribution < -0.4 is 15.5 Å². The van der Waals surface area contributed by atoms with Crippen LogP contribution in [0.15, 0.2) is 66.2 Å². The van der Waals surface area contributed by atoms with Gasteiger partial charge < -0.3 is 14.9 Å². The lowest BCUT2D eigenvalue weighted by Gasteiger charge is -2.38. The number of aromatic hydroxyl groups is 1. The Morgan fingerprint density at radius 3 is 2.61 bits per heavy atom. The van der Waals surface area contributed by atoms with Gasteiger partial charge in [-0.05, 0) is 73.8 Å². The van der Waals surface area contributed by atoms with Crippen molar-refractivity contribution in [1.82, 2.24) is 20.1 Å². The van der Waals surface area contributed by atoms with E-state index < -0.39 is 41.3 Å². The molecule has 2 atom stereocenters. The average molecular weight is 715 g/mol. The molecular formula is C37H36F2N6O5S. The lowest BCUT2D eigenvalue weighted by molar-refractivity contribution is -0.134. The third-order valence-corrected chi connectivity index (χ3v) is 10.7. The highest BCUT2D eigenvalue weighted by Crippen LogP contribution is 2.38. The molecule has 4 amide bonds. The zero-order valence-corrected chi connectivity index (χ0v) is 28.6. The SMILES string of the molecule is CN(Cc1ccc(C2CCC(=O)NC2=O)c(F)c1)C1CCN(c2ccc3c(c2)C(=O)N(C(C(=O)Nc2nccs2)c2cc(F)ccc2O)C3)CC1. The number of hydrogen-bond donors (Lipinski definition) is 3. The summed E-state index contributed by atoms with van der Waals surface area (Å²) < 4.78 is 29.5. The second-order valence-electron chi connectivity index (χ2n) is 13.2. The fourth-order valence-electron chi connectivity index (χ4n) is 7.29. The second-order valence-corrected chi connectivity index (χ2v) is 14.1. The van der Waals surface area contributed by atoms with E-state index >= 15 is 4.39 Å². The minimum Gasteiger partial charge on any atom is -0.508 e.